The van der Waals surface area contributed by atoms with E-state index in [1.54, 1.807) is 13.8 Å². The van der Waals surface area contributed by atoms with Crippen molar-refractivity contribution in [3.8, 4) is 0 Å². The number of hydrogen-bond acceptors (Lipinski definition) is 2. The minimum Gasteiger partial charge on any atom is -0.388 e. The summed E-state index contributed by atoms with van der Waals surface area (Å²) >= 11 is 0. The molecule has 0 spiro atoms. The van der Waals surface area contributed by atoms with Gasteiger partial charge in [-0.3, -0.25) is 4.79 Å². The van der Waals surface area contributed by atoms with Gasteiger partial charge in [0.25, 0.3) is 0 Å². The summed E-state index contributed by atoms with van der Waals surface area (Å²) in [7, 11) is 0. The zero-order valence-electron chi connectivity index (χ0n) is 8.29. The molecule has 0 amide bonds. The van der Waals surface area contributed by atoms with Crippen LogP contribution in [0.2, 0.25) is 0 Å². The molecule has 0 bridgehead atoms. The average molecular weight is 170 g/mol. The fraction of sp³-hybridized carbons (Fsp3) is 0.700. The van der Waals surface area contributed by atoms with E-state index in [0.717, 1.165) is 0 Å². The molecule has 0 fully saturated rings. The van der Waals surface area contributed by atoms with Gasteiger partial charge in [0.15, 0.2) is 0 Å². The molecular weight excluding hydrogens is 152 g/mol. The Hall–Kier alpha value is -0.630. The van der Waals surface area contributed by atoms with Gasteiger partial charge < -0.3 is 5.11 Å². The second-order valence-corrected chi connectivity index (χ2v) is 3.64. The normalized spacial score (nSPS) is 15.8. The Morgan fingerprint density at radius 1 is 1.33 bits per heavy atom. The molecule has 0 aromatic rings. The Kier molecular flexibility index (Phi) is 4.18. The zero-order chi connectivity index (χ0) is 9.89. The van der Waals surface area contributed by atoms with Crippen LogP contribution in [-0.2, 0) is 4.79 Å². The van der Waals surface area contributed by atoms with Gasteiger partial charge in [-0.25, -0.2) is 0 Å². The highest BCUT2D eigenvalue weighted by atomic mass is 16.3. The van der Waals surface area contributed by atoms with E-state index >= 15 is 0 Å². The lowest BCUT2D eigenvalue weighted by Gasteiger charge is -2.19. The molecule has 0 aliphatic heterocycles. The van der Waals surface area contributed by atoms with Crippen LogP contribution in [0, 0.1) is 11.8 Å². The number of hydrogen-bond donors (Lipinski definition) is 1. The summed E-state index contributed by atoms with van der Waals surface area (Å²) in [5, 5.41) is 9.49. The van der Waals surface area contributed by atoms with Gasteiger partial charge in [-0.2, -0.15) is 0 Å². The molecular formula is C10H18O2. The number of carbonyl (C=O) groups excluding carboxylic acids is 1. The van der Waals surface area contributed by atoms with Gasteiger partial charge in [0.2, 0.25) is 0 Å². The lowest BCUT2D eigenvalue weighted by molar-refractivity contribution is -0.127. The first-order valence-corrected chi connectivity index (χ1v) is 4.25. The van der Waals surface area contributed by atoms with Crippen LogP contribution in [-0.4, -0.2) is 17.0 Å². The molecule has 0 aliphatic rings. The maximum atomic E-state index is 11.4. The van der Waals surface area contributed by atoms with Crippen LogP contribution in [0.5, 0.6) is 0 Å². The predicted octanol–water partition coefficient (Wildman–Crippen LogP) is 1.78. The van der Waals surface area contributed by atoms with Crippen molar-refractivity contribution < 1.29 is 9.90 Å². The van der Waals surface area contributed by atoms with E-state index in [0.29, 0.717) is 5.57 Å². The van der Waals surface area contributed by atoms with E-state index in [-0.39, 0.29) is 17.6 Å². The minimum atomic E-state index is -0.695. The van der Waals surface area contributed by atoms with Crippen LogP contribution < -0.4 is 0 Å². The Morgan fingerprint density at radius 2 is 1.75 bits per heavy atom. The first kappa shape index (κ1) is 11.4. The summed E-state index contributed by atoms with van der Waals surface area (Å²) in [6, 6.07) is 0. The van der Waals surface area contributed by atoms with Gasteiger partial charge in [-0.15, -0.1) is 0 Å². The second kappa shape index (κ2) is 4.41. The van der Waals surface area contributed by atoms with Gasteiger partial charge in [-0.05, 0) is 6.92 Å². The SMILES string of the molecule is C=C(C)[C@H](O)[C@H](C)C(=O)C(C)C. The Balaban J connectivity index is 4.29. The van der Waals surface area contributed by atoms with E-state index in [4.69, 9.17) is 0 Å². The van der Waals surface area contributed by atoms with Crippen molar-refractivity contribution in [3.63, 3.8) is 0 Å². The smallest absolute Gasteiger partial charge is 0.141 e. The monoisotopic (exact) mass is 170 g/mol. The highest BCUT2D eigenvalue weighted by molar-refractivity contribution is 5.83. The minimum absolute atomic E-state index is 0.0194. The van der Waals surface area contributed by atoms with Gasteiger partial charge in [-0.1, -0.05) is 32.9 Å². The van der Waals surface area contributed by atoms with E-state index in [1.165, 1.54) is 0 Å². The number of Topliss-reactive ketones (excluding diaryl/α,β-unsaturated/α-hetero) is 1. The molecule has 2 heteroatoms. The quantitative estimate of drug-likeness (QED) is 0.653. The molecule has 0 saturated carbocycles. The Morgan fingerprint density at radius 3 is 2.00 bits per heavy atom. The van der Waals surface area contributed by atoms with Gasteiger partial charge in [0, 0.05) is 11.8 Å². The fourth-order valence-electron chi connectivity index (χ4n) is 1.11. The number of carbonyl (C=O) groups is 1. The molecule has 1 N–H and O–H groups in total. The highest BCUT2D eigenvalue weighted by Crippen LogP contribution is 2.15. The summed E-state index contributed by atoms with van der Waals surface area (Å²) in [6.45, 7) is 10.8. The van der Waals surface area contributed by atoms with Gasteiger partial charge in [0.1, 0.15) is 5.78 Å². The fourth-order valence-corrected chi connectivity index (χ4v) is 1.11. The molecule has 12 heavy (non-hydrogen) atoms. The summed E-state index contributed by atoms with van der Waals surface area (Å²) in [6.07, 6.45) is -0.695. The molecule has 70 valence electrons. The van der Waals surface area contributed by atoms with Crippen molar-refractivity contribution in [1.82, 2.24) is 0 Å². The molecule has 0 aromatic carbocycles. The van der Waals surface area contributed by atoms with Gasteiger partial charge in [0.05, 0.1) is 6.10 Å². The van der Waals surface area contributed by atoms with Crippen molar-refractivity contribution in [2.24, 2.45) is 11.8 Å². The number of aliphatic hydroxyl groups is 1. The van der Waals surface area contributed by atoms with E-state index in [1.807, 2.05) is 13.8 Å². The van der Waals surface area contributed by atoms with Crippen molar-refractivity contribution in [2.75, 3.05) is 0 Å². The number of aliphatic hydroxyl groups excluding tert-OH is 1. The summed E-state index contributed by atoms with van der Waals surface area (Å²) < 4.78 is 0. The van der Waals surface area contributed by atoms with Crippen LogP contribution in [0.4, 0.5) is 0 Å². The van der Waals surface area contributed by atoms with Crippen LogP contribution in [0.3, 0.4) is 0 Å². The molecule has 0 heterocycles. The summed E-state index contributed by atoms with van der Waals surface area (Å²) in [5.41, 5.74) is 0.650. The van der Waals surface area contributed by atoms with Crippen LogP contribution in [0.1, 0.15) is 27.7 Å². The molecule has 0 unspecified atom stereocenters. The zero-order valence-corrected chi connectivity index (χ0v) is 8.29. The third-order valence-corrected chi connectivity index (χ3v) is 2.00. The highest BCUT2D eigenvalue weighted by Gasteiger charge is 2.23. The Labute approximate surface area is 74.3 Å². The number of ketones is 1. The third kappa shape index (κ3) is 2.78. The molecule has 0 rings (SSSR count). The molecule has 2 atom stereocenters. The maximum Gasteiger partial charge on any atom is 0.141 e. The molecule has 0 saturated heterocycles. The van der Waals surface area contributed by atoms with E-state index < -0.39 is 6.10 Å². The maximum absolute atomic E-state index is 11.4. The van der Waals surface area contributed by atoms with Crippen LogP contribution >= 0.6 is 0 Å². The molecule has 2 nitrogen and oxygen atoms in total. The standard InChI is InChI=1S/C10H18O2/c1-6(2)9(11)8(5)10(12)7(3)4/h7-9,11H,1H2,2-5H3/t8-,9-/m0/s1. The molecule has 0 aliphatic carbocycles. The summed E-state index contributed by atoms with van der Waals surface area (Å²) in [5.74, 6) is -0.262. The first-order chi connectivity index (χ1) is 5.37. The average Bonchev–Trinajstić information content (AvgIpc) is 2.00. The predicted molar refractivity (Wildman–Crippen MR) is 49.8 cm³/mol. The Bertz CT molecular complexity index is 182. The molecule has 0 aromatic heterocycles. The summed E-state index contributed by atoms with van der Waals surface area (Å²) in [4.78, 5) is 11.4. The third-order valence-electron chi connectivity index (χ3n) is 2.00. The van der Waals surface area contributed by atoms with Crippen molar-refractivity contribution in [1.29, 1.82) is 0 Å². The van der Waals surface area contributed by atoms with Crippen LogP contribution in [0.25, 0.3) is 0 Å². The van der Waals surface area contributed by atoms with Crippen molar-refractivity contribution in [2.45, 2.75) is 33.8 Å². The van der Waals surface area contributed by atoms with Gasteiger partial charge >= 0.3 is 0 Å². The number of rotatable bonds is 4. The van der Waals surface area contributed by atoms with Crippen molar-refractivity contribution >= 4 is 5.78 Å². The first-order valence-electron chi connectivity index (χ1n) is 4.25. The lowest BCUT2D eigenvalue weighted by Crippen LogP contribution is -2.29. The lowest BCUT2D eigenvalue weighted by atomic mass is 9.89. The van der Waals surface area contributed by atoms with E-state index in [2.05, 4.69) is 6.58 Å². The molecule has 0 radical (unpaired) electrons. The topological polar surface area (TPSA) is 37.3 Å². The largest absolute Gasteiger partial charge is 0.388 e. The van der Waals surface area contributed by atoms with Crippen molar-refractivity contribution in [3.05, 3.63) is 12.2 Å². The van der Waals surface area contributed by atoms with E-state index in [9.17, 15) is 9.90 Å². The second-order valence-electron chi connectivity index (χ2n) is 3.64. The van der Waals surface area contributed by atoms with Crippen LogP contribution in [0.15, 0.2) is 12.2 Å².